The second kappa shape index (κ2) is 19.8. The maximum absolute atomic E-state index is 12.9. The van der Waals surface area contributed by atoms with Gasteiger partial charge in [0.15, 0.2) is 0 Å². The number of fused-ring (bicyclic) bond motifs is 3. The van der Waals surface area contributed by atoms with Crippen LogP contribution in [0.2, 0.25) is 0 Å². The molecule has 0 aromatic heterocycles. The Bertz CT molecular complexity index is 2120. The number of carboxylic acid groups (broad SMARTS) is 3. The van der Waals surface area contributed by atoms with Crippen LogP contribution >= 0.6 is 17.0 Å². The summed E-state index contributed by atoms with van der Waals surface area (Å²) < 4.78 is 38.3. The number of carboxylic acids is 3. The average Bonchev–Trinajstić information content (AvgIpc) is 3.10. The Morgan fingerprint density at radius 2 is 0.811 bits per heavy atom. The smallest absolute Gasteiger partial charge is 0.425 e. The maximum Gasteiger partial charge on any atom is 0.425 e. The number of phenolic OH excluding ortho intramolecular Hbond substituents is 1. The van der Waals surface area contributed by atoms with E-state index in [2.05, 4.69) is 6.07 Å². The van der Waals surface area contributed by atoms with Crippen LogP contribution < -0.4 is 0 Å². The predicted octanol–water partition coefficient (Wildman–Crippen LogP) is 8.81. The molecule has 53 heavy (non-hydrogen) atoms. The van der Waals surface area contributed by atoms with Gasteiger partial charge in [0.05, 0.1) is 17.8 Å². The first-order chi connectivity index (χ1) is 24.5. The van der Waals surface area contributed by atoms with Crippen molar-refractivity contribution in [2.24, 2.45) is 0 Å². The molecule has 0 aliphatic heterocycles. The van der Waals surface area contributed by atoms with Gasteiger partial charge in [-0.2, -0.15) is 0 Å². The average molecular weight is 810 g/mol. The fourth-order valence-corrected chi connectivity index (χ4v) is 5.11. The number of aliphatic carboxylic acids is 3. The summed E-state index contributed by atoms with van der Waals surface area (Å²) >= 11 is 0. The zero-order chi connectivity index (χ0) is 38.7. The van der Waals surface area contributed by atoms with Gasteiger partial charge >= 0.3 is 28.5 Å². The monoisotopic (exact) mass is 808 g/mol. The molecule has 0 saturated heterocycles. The van der Waals surface area contributed by atoms with Gasteiger partial charge in [-0.15, -0.1) is 29.6 Å². The summed E-state index contributed by atoms with van der Waals surface area (Å²) in [7, 11) is -3.11. The largest absolute Gasteiger partial charge is 0.508 e. The summed E-state index contributed by atoms with van der Waals surface area (Å²) in [6, 6.07) is 32.2. The molecule has 0 radical (unpaired) electrons. The highest BCUT2D eigenvalue weighted by Gasteiger charge is 2.15. The highest BCUT2D eigenvalue weighted by atomic mass is 79.9. The van der Waals surface area contributed by atoms with Crippen LogP contribution in [0.15, 0.2) is 109 Å². The molecule has 278 valence electrons. The number of rotatable bonds is 6. The lowest BCUT2D eigenvalue weighted by molar-refractivity contribution is -0.139. The van der Waals surface area contributed by atoms with Crippen LogP contribution in [-0.2, 0) is 25.0 Å². The molecule has 10 nitrogen and oxygen atoms in total. The van der Waals surface area contributed by atoms with Crippen molar-refractivity contribution in [1.82, 2.24) is 0 Å². The molecule has 0 heterocycles. The Hall–Kier alpha value is -5.66. The Balaban J connectivity index is 0.000000259. The van der Waals surface area contributed by atoms with Crippen LogP contribution in [0.4, 0.5) is 4.39 Å². The van der Waals surface area contributed by atoms with Gasteiger partial charge in [0.1, 0.15) is 11.6 Å². The lowest BCUT2D eigenvalue weighted by atomic mass is 9.97. The molecule has 4 N–H and O–H groups in total. The van der Waals surface area contributed by atoms with Crippen molar-refractivity contribution in [1.29, 1.82) is 0 Å². The fraction of sp³-hybridized carbons (Fsp3) is 0.175. The predicted molar refractivity (Wildman–Crippen MR) is 206 cm³/mol. The van der Waals surface area contributed by atoms with Crippen molar-refractivity contribution >= 4 is 77.8 Å². The van der Waals surface area contributed by atoms with E-state index in [1.807, 2.05) is 49.4 Å². The number of halogens is 2. The number of carbonyl (C=O) groups is 3. The van der Waals surface area contributed by atoms with Crippen LogP contribution in [0.3, 0.4) is 0 Å². The number of aryl methyl sites for hydroxylation is 1. The zero-order valence-electron chi connectivity index (χ0n) is 29.1. The zero-order valence-corrected chi connectivity index (χ0v) is 31.6. The summed E-state index contributed by atoms with van der Waals surface area (Å²) in [5.74, 6) is -4.07. The van der Waals surface area contributed by atoms with Crippen molar-refractivity contribution in [3.63, 3.8) is 0 Å². The van der Waals surface area contributed by atoms with E-state index in [-0.39, 0.29) is 28.5 Å². The number of hydrogen-bond acceptors (Lipinski definition) is 7. The number of hydrogen-bond donors (Lipinski definition) is 4. The third-order valence-corrected chi connectivity index (χ3v) is 8.31. The molecule has 13 heteroatoms. The van der Waals surface area contributed by atoms with E-state index in [0.717, 1.165) is 49.0 Å². The third-order valence-electron chi connectivity index (χ3n) is 8.31. The fourth-order valence-electron chi connectivity index (χ4n) is 5.11. The highest BCUT2D eigenvalue weighted by molar-refractivity contribution is 8.93. The molecule has 0 spiro atoms. The third kappa shape index (κ3) is 12.8. The molecular weight excluding hydrogens is 771 g/mol. The summed E-state index contributed by atoms with van der Waals surface area (Å²) in [4.78, 5) is 32.6. The molecule has 6 aromatic carbocycles. The SMILES string of the molecule is Br.C[C@H](C(=O)O)c1ccc2cc(F)ccc2c1.C[C@H](C(=O)O)c1ccc2cc(O)ccc2c1.Cc1ccc2cc([C@H](C)C(=O)O)ccc2c1.O=S(=O)=O. The van der Waals surface area contributed by atoms with E-state index < -0.39 is 46.3 Å². The van der Waals surface area contributed by atoms with E-state index in [4.69, 9.17) is 27.9 Å². The second-order valence-corrected chi connectivity index (χ2v) is 12.4. The quantitative estimate of drug-likeness (QED) is 0.127. The molecule has 3 atom stereocenters. The minimum absolute atomic E-state index is 0. The first kappa shape index (κ1) is 43.5. The van der Waals surface area contributed by atoms with Gasteiger partial charge in [0.2, 0.25) is 0 Å². The molecule has 0 unspecified atom stereocenters. The van der Waals surface area contributed by atoms with E-state index in [1.165, 1.54) is 17.7 Å². The molecule has 6 aromatic rings. The van der Waals surface area contributed by atoms with Gasteiger partial charge in [-0.3, -0.25) is 14.4 Å². The van der Waals surface area contributed by atoms with Crippen LogP contribution in [0.5, 0.6) is 5.75 Å². The molecular formula is C40H38BrFO10S. The number of phenols is 1. The molecule has 0 aliphatic carbocycles. The maximum atomic E-state index is 12.9. The molecule has 0 bridgehead atoms. The van der Waals surface area contributed by atoms with Crippen LogP contribution in [0.25, 0.3) is 32.3 Å². The Labute approximate surface area is 317 Å². The summed E-state index contributed by atoms with van der Waals surface area (Å²) in [6.07, 6.45) is 0. The van der Waals surface area contributed by atoms with Gasteiger partial charge < -0.3 is 20.4 Å². The first-order valence-corrected chi connectivity index (χ1v) is 16.8. The van der Waals surface area contributed by atoms with Crippen LogP contribution in [-0.4, -0.2) is 51.0 Å². The summed E-state index contributed by atoms with van der Waals surface area (Å²) in [6.45, 7) is 7.04. The molecule has 0 fully saturated rings. The number of benzene rings is 6. The topological polar surface area (TPSA) is 183 Å². The second-order valence-electron chi connectivity index (χ2n) is 12.0. The molecule has 0 aliphatic rings. The van der Waals surface area contributed by atoms with E-state index in [9.17, 15) is 23.9 Å². The van der Waals surface area contributed by atoms with Crippen LogP contribution in [0.1, 0.15) is 60.8 Å². The summed E-state index contributed by atoms with van der Waals surface area (Å²) in [5, 5.41) is 41.8. The van der Waals surface area contributed by atoms with Gasteiger partial charge in [-0.05, 0) is 101 Å². The summed E-state index contributed by atoms with van der Waals surface area (Å²) in [5.41, 5.74) is 3.56. The normalized spacial score (nSPS) is 11.9. The van der Waals surface area contributed by atoms with Crippen molar-refractivity contribution in [3.8, 4) is 5.75 Å². The van der Waals surface area contributed by atoms with Crippen LogP contribution in [0, 0.1) is 12.7 Å². The number of aromatic hydroxyl groups is 1. The van der Waals surface area contributed by atoms with Crippen molar-refractivity contribution in [2.75, 3.05) is 0 Å². The van der Waals surface area contributed by atoms with E-state index in [0.29, 0.717) is 0 Å². The highest BCUT2D eigenvalue weighted by Crippen LogP contribution is 2.26. The minimum Gasteiger partial charge on any atom is -0.508 e. The Kier molecular flexibility index (Phi) is 16.3. The van der Waals surface area contributed by atoms with Gasteiger partial charge in [0, 0.05) is 0 Å². The van der Waals surface area contributed by atoms with Crippen molar-refractivity contribution in [2.45, 2.75) is 45.4 Å². The molecule has 0 amide bonds. The first-order valence-electron chi connectivity index (χ1n) is 15.8. The van der Waals surface area contributed by atoms with Gasteiger partial charge in [-0.25, -0.2) is 4.39 Å². The molecule has 6 rings (SSSR count). The van der Waals surface area contributed by atoms with Crippen molar-refractivity contribution in [3.05, 3.63) is 137 Å². The lowest BCUT2D eigenvalue weighted by Crippen LogP contribution is -2.06. The van der Waals surface area contributed by atoms with E-state index in [1.54, 1.807) is 69.3 Å². The standard InChI is InChI=1S/C14H14O2.C13H11FO2.C13H12O3.BrH.O3S/c1-9-3-4-13-8-11(10(2)14(15)16)5-6-12(13)7-9;2*1-8(13(15)16)9-2-3-11-7-12(14)5-4-10(11)6-9;;1-4(2)3/h3-8,10H,1-2H3,(H,15,16);2-8H,1H3,(H,15,16);2-8,14H,1H3,(H,15,16);1H;/t10-;2*8-;;/m000../s1. The molecule has 0 saturated carbocycles. The minimum atomic E-state index is -3.11. The lowest BCUT2D eigenvalue weighted by Gasteiger charge is -2.08. The Morgan fingerprint density at radius 1 is 0.509 bits per heavy atom. The van der Waals surface area contributed by atoms with Crippen molar-refractivity contribution < 1.29 is 51.8 Å². The van der Waals surface area contributed by atoms with E-state index >= 15 is 0 Å². The Morgan fingerprint density at radius 3 is 1.21 bits per heavy atom. The van der Waals surface area contributed by atoms with Gasteiger partial charge in [-0.1, -0.05) is 90.5 Å². The van der Waals surface area contributed by atoms with Gasteiger partial charge in [0.25, 0.3) is 0 Å².